The van der Waals surface area contributed by atoms with Crippen LogP contribution in [0.15, 0.2) is 0 Å². The van der Waals surface area contributed by atoms with Crippen molar-refractivity contribution in [3.05, 3.63) is 0 Å². The summed E-state index contributed by atoms with van der Waals surface area (Å²) in [5.74, 6) is -5.48. The number of hydrogen-bond acceptors (Lipinski definition) is 7. The summed E-state index contributed by atoms with van der Waals surface area (Å²) < 4.78 is 0. The Morgan fingerprint density at radius 2 is 1.34 bits per heavy atom. The average molecular weight is 460 g/mol. The minimum Gasteiger partial charge on any atom is -0.481 e. The van der Waals surface area contributed by atoms with E-state index in [1.165, 1.54) is 6.92 Å². The summed E-state index contributed by atoms with van der Waals surface area (Å²) in [5, 5.41) is 24.9. The molecular weight excluding hydrogens is 426 g/mol. The molecule has 9 N–H and O–H groups in total. The standard InChI is InChI=1S/C19H33N5O8/c1-9(2)8-13(19(31)32)24-18(30)12(5-6-14(21)25)23-16(28)10(3)22-17(29)11(20)4-7-15(26)27/h9-13H,4-8,20H2,1-3H3,(H2,21,25)(H,22,29)(H,23,28)(H,24,30)(H,26,27)(H,31,32). The molecular formula is C19H33N5O8. The van der Waals surface area contributed by atoms with Crippen LogP contribution in [-0.2, 0) is 28.8 Å². The third kappa shape index (κ3) is 11.8. The largest absolute Gasteiger partial charge is 0.481 e. The minimum absolute atomic E-state index is 0.0318. The monoisotopic (exact) mass is 459 g/mol. The van der Waals surface area contributed by atoms with Gasteiger partial charge >= 0.3 is 11.9 Å². The molecule has 32 heavy (non-hydrogen) atoms. The highest BCUT2D eigenvalue weighted by molar-refractivity contribution is 5.94. The van der Waals surface area contributed by atoms with Crippen LogP contribution < -0.4 is 27.4 Å². The molecule has 0 saturated heterocycles. The Hall–Kier alpha value is -3.22. The normalized spacial score (nSPS) is 14.5. The highest BCUT2D eigenvalue weighted by atomic mass is 16.4. The van der Waals surface area contributed by atoms with Crippen molar-refractivity contribution in [3.63, 3.8) is 0 Å². The molecule has 0 radical (unpaired) electrons. The summed E-state index contributed by atoms with van der Waals surface area (Å²) in [6, 6.07) is -4.76. The molecule has 4 amide bonds. The molecule has 0 heterocycles. The van der Waals surface area contributed by atoms with Crippen LogP contribution in [0.3, 0.4) is 0 Å². The number of amides is 4. The number of hydrogen-bond donors (Lipinski definition) is 7. The van der Waals surface area contributed by atoms with E-state index in [-0.39, 0.29) is 38.0 Å². The number of aliphatic carboxylic acids is 2. The second-order valence-corrected chi connectivity index (χ2v) is 7.86. The fraction of sp³-hybridized carbons (Fsp3) is 0.684. The molecule has 0 saturated carbocycles. The van der Waals surface area contributed by atoms with E-state index in [1.807, 2.05) is 0 Å². The van der Waals surface area contributed by atoms with Gasteiger partial charge in [-0.15, -0.1) is 0 Å². The summed E-state index contributed by atoms with van der Waals surface area (Å²) >= 11 is 0. The van der Waals surface area contributed by atoms with Gasteiger partial charge in [0.05, 0.1) is 6.04 Å². The molecule has 4 unspecified atom stereocenters. The Labute approximate surface area is 185 Å². The molecule has 13 heteroatoms. The van der Waals surface area contributed by atoms with E-state index in [0.717, 1.165) is 0 Å². The van der Waals surface area contributed by atoms with E-state index in [9.17, 15) is 33.9 Å². The lowest BCUT2D eigenvalue weighted by Crippen LogP contribution is -2.56. The zero-order valence-electron chi connectivity index (χ0n) is 18.4. The van der Waals surface area contributed by atoms with E-state index in [4.69, 9.17) is 16.6 Å². The predicted molar refractivity (Wildman–Crippen MR) is 112 cm³/mol. The van der Waals surface area contributed by atoms with Gasteiger partial charge in [-0.1, -0.05) is 13.8 Å². The summed E-state index contributed by atoms with van der Waals surface area (Å²) in [7, 11) is 0. The fourth-order valence-corrected chi connectivity index (χ4v) is 2.61. The van der Waals surface area contributed by atoms with Gasteiger partial charge in [0.1, 0.15) is 18.1 Å². The van der Waals surface area contributed by atoms with Gasteiger partial charge in [-0.3, -0.25) is 24.0 Å². The van der Waals surface area contributed by atoms with Crippen LogP contribution in [0.25, 0.3) is 0 Å². The summed E-state index contributed by atoms with van der Waals surface area (Å²) in [4.78, 5) is 70.1. The second-order valence-electron chi connectivity index (χ2n) is 7.86. The number of carboxylic acid groups (broad SMARTS) is 2. The third-order valence-corrected chi connectivity index (χ3v) is 4.39. The lowest BCUT2D eigenvalue weighted by Gasteiger charge is -2.24. The molecule has 0 aromatic carbocycles. The van der Waals surface area contributed by atoms with Crippen molar-refractivity contribution in [3.8, 4) is 0 Å². The van der Waals surface area contributed by atoms with Gasteiger partial charge in [0.25, 0.3) is 0 Å². The van der Waals surface area contributed by atoms with Crippen LogP contribution >= 0.6 is 0 Å². The average Bonchev–Trinajstić information content (AvgIpc) is 2.67. The molecule has 182 valence electrons. The van der Waals surface area contributed by atoms with Crippen LogP contribution in [-0.4, -0.2) is 69.9 Å². The van der Waals surface area contributed by atoms with Crippen molar-refractivity contribution in [1.82, 2.24) is 16.0 Å². The SMILES string of the molecule is CC(C)CC(NC(=O)C(CCC(N)=O)NC(=O)C(C)NC(=O)C(N)CCC(=O)O)C(=O)O. The van der Waals surface area contributed by atoms with E-state index in [0.29, 0.717) is 0 Å². The summed E-state index contributed by atoms with van der Waals surface area (Å²) in [5.41, 5.74) is 10.7. The van der Waals surface area contributed by atoms with Crippen LogP contribution in [0.5, 0.6) is 0 Å². The van der Waals surface area contributed by atoms with E-state index in [2.05, 4.69) is 16.0 Å². The van der Waals surface area contributed by atoms with E-state index < -0.39 is 59.7 Å². The van der Waals surface area contributed by atoms with Crippen LogP contribution in [0.2, 0.25) is 0 Å². The third-order valence-electron chi connectivity index (χ3n) is 4.39. The van der Waals surface area contributed by atoms with Gasteiger partial charge in [-0.25, -0.2) is 4.79 Å². The molecule has 0 aliphatic carbocycles. The minimum atomic E-state index is -1.27. The topological polar surface area (TPSA) is 231 Å². The van der Waals surface area contributed by atoms with Crippen LogP contribution in [0, 0.1) is 5.92 Å². The molecule has 0 fully saturated rings. The lowest BCUT2D eigenvalue weighted by molar-refractivity contribution is -0.143. The molecule has 0 aromatic heterocycles. The number of rotatable bonds is 15. The molecule has 4 atom stereocenters. The number of primary amides is 1. The van der Waals surface area contributed by atoms with Crippen LogP contribution in [0.4, 0.5) is 0 Å². The molecule has 0 rings (SSSR count). The summed E-state index contributed by atoms with van der Waals surface area (Å²) in [6.45, 7) is 4.87. The van der Waals surface area contributed by atoms with Gasteiger partial charge < -0.3 is 37.6 Å². The van der Waals surface area contributed by atoms with Gasteiger partial charge in [0, 0.05) is 12.8 Å². The van der Waals surface area contributed by atoms with Gasteiger partial charge in [-0.05, 0) is 32.1 Å². The quantitative estimate of drug-likeness (QED) is 0.144. The first kappa shape index (κ1) is 28.8. The Bertz CT molecular complexity index is 712. The molecule has 0 aliphatic heterocycles. The maximum Gasteiger partial charge on any atom is 0.326 e. The Morgan fingerprint density at radius 3 is 1.81 bits per heavy atom. The van der Waals surface area contributed by atoms with Crippen molar-refractivity contribution in [2.75, 3.05) is 0 Å². The summed E-state index contributed by atoms with van der Waals surface area (Å²) in [6.07, 6.45) is -0.740. The maximum absolute atomic E-state index is 12.6. The molecule has 0 spiro atoms. The first-order chi connectivity index (χ1) is 14.7. The second kappa shape index (κ2) is 14.0. The van der Waals surface area contributed by atoms with E-state index in [1.54, 1.807) is 13.8 Å². The Balaban J connectivity index is 5.14. The van der Waals surface area contributed by atoms with Gasteiger partial charge in [-0.2, -0.15) is 0 Å². The van der Waals surface area contributed by atoms with Gasteiger partial charge in [0.15, 0.2) is 0 Å². The van der Waals surface area contributed by atoms with Crippen LogP contribution in [0.1, 0.15) is 52.9 Å². The smallest absolute Gasteiger partial charge is 0.326 e. The number of nitrogens with two attached hydrogens (primary N) is 2. The number of carboxylic acids is 2. The zero-order valence-corrected chi connectivity index (χ0v) is 18.4. The van der Waals surface area contributed by atoms with Crippen molar-refractivity contribution in [2.45, 2.75) is 77.0 Å². The predicted octanol–water partition coefficient (Wildman–Crippen LogP) is -1.95. The molecule has 0 aromatic rings. The molecule has 0 aliphatic rings. The molecule has 0 bridgehead atoms. The van der Waals surface area contributed by atoms with Crippen molar-refractivity contribution < 1.29 is 39.0 Å². The lowest BCUT2D eigenvalue weighted by atomic mass is 10.0. The fourth-order valence-electron chi connectivity index (χ4n) is 2.61. The van der Waals surface area contributed by atoms with Crippen molar-refractivity contribution >= 4 is 35.6 Å². The number of carbonyl (C=O) groups is 6. The molecule has 13 nitrogen and oxygen atoms in total. The number of carbonyl (C=O) groups excluding carboxylic acids is 4. The first-order valence-corrected chi connectivity index (χ1v) is 10.1. The zero-order chi connectivity index (χ0) is 25.0. The highest BCUT2D eigenvalue weighted by Crippen LogP contribution is 2.07. The van der Waals surface area contributed by atoms with Crippen molar-refractivity contribution in [2.24, 2.45) is 17.4 Å². The van der Waals surface area contributed by atoms with Crippen molar-refractivity contribution in [1.29, 1.82) is 0 Å². The highest BCUT2D eigenvalue weighted by Gasteiger charge is 2.29. The van der Waals surface area contributed by atoms with Gasteiger partial charge in [0.2, 0.25) is 23.6 Å². The number of nitrogens with one attached hydrogen (secondary N) is 3. The first-order valence-electron chi connectivity index (χ1n) is 10.1. The maximum atomic E-state index is 12.6. The Kier molecular flexibility index (Phi) is 12.6. The Morgan fingerprint density at radius 1 is 0.781 bits per heavy atom. The van der Waals surface area contributed by atoms with E-state index >= 15 is 0 Å².